The van der Waals surface area contributed by atoms with Crippen molar-refractivity contribution in [3.05, 3.63) is 57.8 Å². The highest BCUT2D eigenvalue weighted by Gasteiger charge is 2.18. The molecule has 1 aromatic heterocycles. The van der Waals surface area contributed by atoms with Crippen LogP contribution < -0.4 is 11.1 Å². The maximum Gasteiger partial charge on any atom is 0.220 e. The van der Waals surface area contributed by atoms with Crippen molar-refractivity contribution in [2.75, 3.05) is 6.54 Å². The van der Waals surface area contributed by atoms with Gasteiger partial charge in [0, 0.05) is 11.3 Å². The summed E-state index contributed by atoms with van der Waals surface area (Å²) < 4.78 is 0. The van der Waals surface area contributed by atoms with E-state index in [-0.39, 0.29) is 24.4 Å². The molecule has 0 fully saturated rings. The molecule has 1 heterocycles. The Morgan fingerprint density at radius 2 is 1.88 bits per heavy atom. The second-order valence-electron chi connectivity index (χ2n) is 5.88. The van der Waals surface area contributed by atoms with Crippen LogP contribution in [0, 0.1) is 0 Å². The number of thiophene rings is 1. The van der Waals surface area contributed by atoms with E-state index in [1.807, 2.05) is 11.4 Å². The molecule has 2 atom stereocenters. The summed E-state index contributed by atoms with van der Waals surface area (Å²) >= 11 is 1.67. The van der Waals surface area contributed by atoms with Crippen LogP contribution in [0.25, 0.3) is 0 Å². The molecule has 0 spiro atoms. The minimum atomic E-state index is -0.0775. The minimum Gasteiger partial charge on any atom is -0.344 e. The monoisotopic (exact) mass is 366 g/mol. The van der Waals surface area contributed by atoms with Gasteiger partial charge in [0.15, 0.2) is 0 Å². The zero-order chi connectivity index (χ0) is 16.7. The van der Waals surface area contributed by atoms with E-state index in [1.54, 1.807) is 11.3 Å². The highest BCUT2D eigenvalue weighted by Crippen LogP contribution is 2.28. The molecule has 24 heavy (non-hydrogen) atoms. The molecule has 2 rings (SSSR count). The average Bonchev–Trinajstić information content (AvgIpc) is 3.11. The minimum absolute atomic E-state index is 0. The quantitative estimate of drug-likeness (QED) is 0.715. The van der Waals surface area contributed by atoms with Gasteiger partial charge in [-0.15, -0.1) is 23.7 Å². The Morgan fingerprint density at radius 3 is 2.42 bits per heavy atom. The second kappa shape index (κ2) is 10.5. The number of nitrogens with two attached hydrogens (primary N) is 1. The van der Waals surface area contributed by atoms with Gasteiger partial charge in [0.05, 0.1) is 6.04 Å². The molecular formula is C19H27ClN2OS. The Hall–Kier alpha value is -1.36. The first kappa shape index (κ1) is 20.7. The predicted molar refractivity (Wildman–Crippen MR) is 105 cm³/mol. The van der Waals surface area contributed by atoms with Gasteiger partial charge < -0.3 is 11.1 Å². The fourth-order valence-electron chi connectivity index (χ4n) is 2.52. The molecule has 1 amide bonds. The van der Waals surface area contributed by atoms with Gasteiger partial charge in [-0.25, -0.2) is 0 Å². The van der Waals surface area contributed by atoms with E-state index in [1.165, 1.54) is 5.56 Å². The zero-order valence-electron chi connectivity index (χ0n) is 14.3. The van der Waals surface area contributed by atoms with Gasteiger partial charge in [0.25, 0.3) is 0 Å². The molecule has 0 aliphatic heterocycles. The Balaban J connectivity index is 0.00000288. The van der Waals surface area contributed by atoms with Gasteiger partial charge in [-0.3, -0.25) is 4.79 Å². The Kier molecular flexibility index (Phi) is 9.04. The van der Waals surface area contributed by atoms with Crippen LogP contribution >= 0.6 is 23.7 Å². The van der Waals surface area contributed by atoms with Crippen molar-refractivity contribution in [2.45, 2.75) is 45.1 Å². The van der Waals surface area contributed by atoms with Crippen molar-refractivity contribution in [1.82, 2.24) is 5.32 Å². The van der Waals surface area contributed by atoms with Gasteiger partial charge in [-0.1, -0.05) is 44.2 Å². The van der Waals surface area contributed by atoms with Crippen molar-refractivity contribution >= 4 is 29.7 Å². The number of benzene rings is 1. The van der Waals surface area contributed by atoms with E-state index in [4.69, 9.17) is 5.73 Å². The van der Waals surface area contributed by atoms with Crippen LogP contribution in [0.15, 0.2) is 41.8 Å². The van der Waals surface area contributed by atoms with Crippen LogP contribution in [0.2, 0.25) is 0 Å². The van der Waals surface area contributed by atoms with E-state index in [9.17, 15) is 4.79 Å². The smallest absolute Gasteiger partial charge is 0.220 e. The van der Waals surface area contributed by atoms with Crippen molar-refractivity contribution in [3.63, 3.8) is 0 Å². The lowest BCUT2D eigenvalue weighted by Crippen LogP contribution is -2.29. The molecule has 0 bridgehead atoms. The van der Waals surface area contributed by atoms with Crippen LogP contribution in [0.1, 0.15) is 61.1 Å². The van der Waals surface area contributed by atoms with Gasteiger partial charge in [0.1, 0.15) is 0 Å². The summed E-state index contributed by atoms with van der Waals surface area (Å²) in [4.78, 5) is 13.3. The third-order valence-corrected chi connectivity index (χ3v) is 5.13. The number of halogens is 1. The largest absolute Gasteiger partial charge is 0.344 e. The normalized spacial score (nSPS) is 13.0. The van der Waals surface area contributed by atoms with Crippen molar-refractivity contribution in [2.24, 2.45) is 5.73 Å². The lowest BCUT2D eigenvalue weighted by atomic mass is 9.95. The average molecular weight is 367 g/mol. The van der Waals surface area contributed by atoms with E-state index in [2.05, 4.69) is 49.5 Å². The SMILES string of the molecule is CCC(C)c1ccc(C(NC(=O)CCCN)c2cccs2)cc1.Cl. The number of carbonyl (C=O) groups excluding carboxylic acids is 1. The number of hydrogen-bond donors (Lipinski definition) is 2. The third kappa shape index (κ3) is 5.62. The summed E-state index contributed by atoms with van der Waals surface area (Å²) in [6, 6.07) is 12.6. The maximum absolute atomic E-state index is 12.1. The van der Waals surface area contributed by atoms with Gasteiger partial charge in [-0.05, 0) is 47.9 Å². The molecule has 2 unspecified atom stereocenters. The van der Waals surface area contributed by atoms with Crippen molar-refractivity contribution in [3.8, 4) is 0 Å². The molecule has 1 aromatic carbocycles. The Morgan fingerprint density at radius 1 is 1.21 bits per heavy atom. The van der Waals surface area contributed by atoms with E-state index < -0.39 is 0 Å². The molecule has 0 aliphatic carbocycles. The van der Waals surface area contributed by atoms with E-state index in [0.717, 1.165) is 23.3 Å². The summed E-state index contributed by atoms with van der Waals surface area (Å²) in [6.45, 7) is 4.98. The van der Waals surface area contributed by atoms with Gasteiger partial charge in [-0.2, -0.15) is 0 Å². The van der Waals surface area contributed by atoms with Crippen LogP contribution in [-0.4, -0.2) is 12.5 Å². The van der Waals surface area contributed by atoms with Crippen molar-refractivity contribution < 1.29 is 4.79 Å². The molecule has 0 aliphatic rings. The Labute approximate surface area is 155 Å². The summed E-state index contributed by atoms with van der Waals surface area (Å²) in [7, 11) is 0. The number of hydrogen-bond acceptors (Lipinski definition) is 3. The molecule has 2 aromatic rings. The lowest BCUT2D eigenvalue weighted by molar-refractivity contribution is -0.121. The number of carbonyl (C=O) groups is 1. The fraction of sp³-hybridized carbons (Fsp3) is 0.421. The second-order valence-corrected chi connectivity index (χ2v) is 6.86. The predicted octanol–water partition coefficient (Wildman–Crippen LogP) is 4.63. The van der Waals surface area contributed by atoms with E-state index in [0.29, 0.717) is 18.9 Å². The first-order valence-electron chi connectivity index (χ1n) is 8.28. The summed E-state index contributed by atoms with van der Waals surface area (Å²) in [5.74, 6) is 0.614. The molecule has 3 N–H and O–H groups in total. The summed E-state index contributed by atoms with van der Waals surface area (Å²) in [5.41, 5.74) is 7.96. The topological polar surface area (TPSA) is 55.1 Å². The van der Waals surface area contributed by atoms with Crippen LogP contribution in [0.3, 0.4) is 0 Å². The maximum atomic E-state index is 12.1. The first-order chi connectivity index (χ1) is 11.2. The third-order valence-electron chi connectivity index (χ3n) is 4.19. The Bertz CT molecular complexity index is 598. The van der Waals surface area contributed by atoms with Crippen LogP contribution in [0.5, 0.6) is 0 Å². The molecule has 0 saturated heterocycles. The molecule has 5 heteroatoms. The summed E-state index contributed by atoms with van der Waals surface area (Å²) in [6.07, 6.45) is 2.32. The fourth-order valence-corrected chi connectivity index (χ4v) is 3.33. The van der Waals surface area contributed by atoms with E-state index >= 15 is 0 Å². The summed E-state index contributed by atoms with van der Waals surface area (Å²) in [5, 5.41) is 5.19. The number of nitrogens with one attached hydrogen (secondary N) is 1. The molecule has 3 nitrogen and oxygen atoms in total. The molecule has 0 radical (unpaired) electrons. The van der Waals surface area contributed by atoms with Crippen LogP contribution in [-0.2, 0) is 4.79 Å². The van der Waals surface area contributed by atoms with Gasteiger partial charge >= 0.3 is 0 Å². The lowest BCUT2D eigenvalue weighted by Gasteiger charge is -2.19. The van der Waals surface area contributed by atoms with Crippen LogP contribution in [0.4, 0.5) is 0 Å². The number of rotatable bonds is 8. The van der Waals surface area contributed by atoms with Gasteiger partial charge in [0.2, 0.25) is 5.91 Å². The molecular weight excluding hydrogens is 340 g/mol. The number of amides is 1. The van der Waals surface area contributed by atoms with Crippen molar-refractivity contribution in [1.29, 1.82) is 0 Å². The molecule has 132 valence electrons. The standard InChI is InChI=1S/C19H26N2OS.ClH/c1-3-14(2)15-8-10-16(11-9-15)19(17-6-5-13-23-17)21-18(22)7-4-12-20;/h5-6,8-11,13-14,19H,3-4,7,12,20H2,1-2H3,(H,21,22);1H. The first-order valence-corrected chi connectivity index (χ1v) is 9.16. The molecule has 0 saturated carbocycles. The highest BCUT2D eigenvalue weighted by molar-refractivity contribution is 7.10. The highest BCUT2D eigenvalue weighted by atomic mass is 35.5. The zero-order valence-corrected chi connectivity index (χ0v) is 16.0.